The summed E-state index contributed by atoms with van der Waals surface area (Å²) in [6.45, 7) is 2.07. The zero-order chi connectivity index (χ0) is 23.9. The number of amides is 1. The van der Waals surface area contributed by atoms with Gasteiger partial charge < -0.3 is 4.74 Å². The second-order valence-corrected chi connectivity index (χ2v) is 10.1. The Morgan fingerprint density at radius 2 is 1.97 bits per heavy atom. The smallest absolute Gasteiger partial charge is 0.250 e. The summed E-state index contributed by atoms with van der Waals surface area (Å²) in [5.41, 5.74) is 5.71. The van der Waals surface area contributed by atoms with Crippen LogP contribution in [0.5, 0.6) is 5.75 Å². The normalized spacial score (nSPS) is 14.4. The third-order valence-electron chi connectivity index (χ3n) is 5.83. The number of halogens is 1. The van der Waals surface area contributed by atoms with E-state index in [2.05, 4.69) is 72.4 Å². The maximum atomic E-state index is 12.4. The van der Waals surface area contributed by atoms with Crippen molar-refractivity contribution < 1.29 is 9.53 Å². The summed E-state index contributed by atoms with van der Waals surface area (Å²) in [7, 11) is 1.62. The molecule has 4 rings (SSSR count). The Labute approximate surface area is 212 Å². The van der Waals surface area contributed by atoms with Gasteiger partial charge in [0.2, 0.25) is 0 Å². The van der Waals surface area contributed by atoms with Crippen LogP contribution < -0.4 is 10.2 Å². The Morgan fingerprint density at radius 1 is 1.21 bits per heavy atom. The first-order chi connectivity index (χ1) is 16.5. The Balaban J connectivity index is 1.43. The number of thioether (sulfide) groups is 1. The lowest BCUT2D eigenvalue weighted by Gasteiger charge is -2.25. The molecule has 0 radical (unpaired) electrons. The third-order valence-corrected chi connectivity index (χ3v) is 7.39. The van der Waals surface area contributed by atoms with E-state index in [1.165, 1.54) is 36.6 Å². The van der Waals surface area contributed by atoms with E-state index in [1.807, 2.05) is 18.2 Å². The summed E-state index contributed by atoms with van der Waals surface area (Å²) in [5, 5.41) is 13.8. The molecule has 0 aliphatic heterocycles. The highest BCUT2D eigenvalue weighted by molar-refractivity contribution is 9.10. The quantitative estimate of drug-likeness (QED) is 0.222. The molecule has 0 unspecified atom stereocenters. The molecule has 0 atom stereocenters. The molecule has 34 heavy (non-hydrogen) atoms. The van der Waals surface area contributed by atoms with E-state index < -0.39 is 0 Å². The fourth-order valence-corrected chi connectivity index (χ4v) is 5.40. The van der Waals surface area contributed by atoms with Crippen molar-refractivity contribution in [1.29, 1.82) is 0 Å². The van der Waals surface area contributed by atoms with Gasteiger partial charge in [0.05, 0.1) is 23.5 Å². The number of ether oxygens (including phenoxy) is 1. The highest BCUT2D eigenvalue weighted by Gasteiger charge is 2.24. The van der Waals surface area contributed by atoms with Gasteiger partial charge in [0.1, 0.15) is 5.75 Å². The molecule has 0 spiro atoms. The predicted octanol–water partition coefficient (Wildman–Crippen LogP) is 5.77. The molecule has 1 aromatic heterocycles. The molecule has 1 fully saturated rings. The van der Waals surface area contributed by atoms with E-state index in [1.54, 1.807) is 13.3 Å². The molecule has 1 saturated carbocycles. The van der Waals surface area contributed by atoms with E-state index in [0.717, 1.165) is 45.2 Å². The topological polar surface area (TPSA) is 81.4 Å². The molecular weight excluding hydrogens is 514 g/mol. The maximum absolute atomic E-state index is 12.4. The van der Waals surface area contributed by atoms with Gasteiger partial charge in [-0.15, -0.1) is 10.2 Å². The zero-order valence-electron chi connectivity index (χ0n) is 19.3. The van der Waals surface area contributed by atoms with Crippen molar-refractivity contribution in [1.82, 2.24) is 20.2 Å². The van der Waals surface area contributed by atoms with Gasteiger partial charge in [-0.05, 0) is 59.5 Å². The second-order valence-electron chi connectivity index (χ2n) is 8.31. The van der Waals surface area contributed by atoms with Crippen LogP contribution in [0, 0.1) is 6.92 Å². The minimum Gasteiger partial charge on any atom is -0.496 e. The number of nitrogens with one attached hydrogen (secondary N) is 1. The minimum atomic E-state index is -0.191. The number of benzene rings is 2. The average molecular weight is 543 g/mol. The summed E-state index contributed by atoms with van der Waals surface area (Å²) in [4.78, 5) is 12.4. The first kappa shape index (κ1) is 24.5. The van der Waals surface area contributed by atoms with Gasteiger partial charge in [-0.3, -0.25) is 9.36 Å². The number of hydrogen-bond donors (Lipinski definition) is 1. The summed E-state index contributed by atoms with van der Waals surface area (Å²) in [6.07, 6.45) is 7.50. The number of aryl methyl sites for hydroxylation is 1. The highest BCUT2D eigenvalue weighted by Crippen LogP contribution is 2.35. The molecule has 1 heterocycles. The number of carbonyl (C=O) groups excluding carboxylic acids is 1. The fraction of sp³-hybridized carbons (Fsp3) is 0.360. The van der Waals surface area contributed by atoms with Crippen LogP contribution in [0.4, 0.5) is 0 Å². The molecule has 1 N–H and O–H groups in total. The van der Waals surface area contributed by atoms with Crippen molar-refractivity contribution >= 4 is 39.8 Å². The lowest BCUT2D eigenvalue weighted by Crippen LogP contribution is -2.20. The second kappa shape index (κ2) is 11.7. The number of aromatic nitrogens is 3. The van der Waals surface area contributed by atoms with Gasteiger partial charge in [-0.2, -0.15) is 5.10 Å². The molecule has 7 nitrogen and oxygen atoms in total. The standard InChI is InChI=1S/C25H28BrN5O2S/c1-17-8-11-19(12-9-17)24-29-30-25(31(24)20-6-4-3-5-7-20)34-16-23(32)28-27-15-18-10-13-22(33-2)21(26)14-18/h8-15,20H,3-7,16H2,1-2H3,(H,28,32). The number of rotatable bonds is 8. The Morgan fingerprint density at radius 3 is 2.68 bits per heavy atom. The number of nitrogens with zero attached hydrogens (tertiary/aromatic N) is 4. The van der Waals surface area contributed by atoms with Crippen LogP contribution in [-0.2, 0) is 4.79 Å². The largest absolute Gasteiger partial charge is 0.496 e. The molecule has 2 aromatic carbocycles. The van der Waals surface area contributed by atoms with Crippen LogP contribution in [0.25, 0.3) is 11.4 Å². The lowest BCUT2D eigenvalue weighted by atomic mass is 9.95. The number of hydrogen-bond acceptors (Lipinski definition) is 6. The molecule has 3 aromatic rings. The average Bonchev–Trinajstić information content (AvgIpc) is 3.28. The Kier molecular flexibility index (Phi) is 8.39. The number of carbonyl (C=O) groups is 1. The molecule has 178 valence electrons. The van der Waals surface area contributed by atoms with E-state index in [4.69, 9.17) is 4.74 Å². The monoisotopic (exact) mass is 541 g/mol. The van der Waals surface area contributed by atoms with Crippen LogP contribution in [0.2, 0.25) is 0 Å². The molecular formula is C25H28BrN5O2S. The van der Waals surface area contributed by atoms with E-state index >= 15 is 0 Å². The van der Waals surface area contributed by atoms with Crippen molar-refractivity contribution in [2.45, 2.75) is 50.2 Å². The van der Waals surface area contributed by atoms with E-state index in [9.17, 15) is 4.79 Å². The molecule has 1 amide bonds. The highest BCUT2D eigenvalue weighted by atomic mass is 79.9. The summed E-state index contributed by atoms with van der Waals surface area (Å²) >= 11 is 4.85. The molecule has 0 bridgehead atoms. The van der Waals surface area contributed by atoms with Crippen LogP contribution in [-0.4, -0.2) is 39.7 Å². The van der Waals surface area contributed by atoms with Gasteiger partial charge in [0, 0.05) is 11.6 Å². The fourth-order valence-electron chi connectivity index (χ4n) is 4.05. The van der Waals surface area contributed by atoms with Crippen molar-refractivity contribution in [3.8, 4) is 17.1 Å². The Bertz CT molecular complexity index is 1160. The third kappa shape index (κ3) is 6.07. The zero-order valence-corrected chi connectivity index (χ0v) is 21.7. The molecule has 1 aliphatic rings. The number of methoxy groups -OCH3 is 1. The van der Waals surface area contributed by atoms with Crippen LogP contribution in [0.1, 0.15) is 49.3 Å². The predicted molar refractivity (Wildman–Crippen MR) is 139 cm³/mol. The lowest BCUT2D eigenvalue weighted by molar-refractivity contribution is -0.118. The van der Waals surface area contributed by atoms with Gasteiger partial charge in [-0.1, -0.05) is 60.9 Å². The van der Waals surface area contributed by atoms with Crippen molar-refractivity contribution in [2.75, 3.05) is 12.9 Å². The van der Waals surface area contributed by atoms with Gasteiger partial charge in [0.15, 0.2) is 11.0 Å². The summed E-state index contributed by atoms with van der Waals surface area (Å²) in [6, 6.07) is 14.3. The van der Waals surface area contributed by atoms with Crippen molar-refractivity contribution in [2.24, 2.45) is 5.10 Å². The van der Waals surface area contributed by atoms with E-state index in [-0.39, 0.29) is 11.7 Å². The van der Waals surface area contributed by atoms with Crippen LogP contribution >= 0.6 is 27.7 Å². The van der Waals surface area contributed by atoms with Crippen molar-refractivity contribution in [3.05, 3.63) is 58.1 Å². The summed E-state index contributed by atoms with van der Waals surface area (Å²) in [5.74, 6) is 1.63. The van der Waals surface area contributed by atoms with Crippen molar-refractivity contribution in [3.63, 3.8) is 0 Å². The molecule has 9 heteroatoms. The summed E-state index contributed by atoms with van der Waals surface area (Å²) < 4.78 is 8.29. The van der Waals surface area contributed by atoms with Crippen LogP contribution in [0.15, 0.2) is 57.2 Å². The van der Waals surface area contributed by atoms with Crippen LogP contribution in [0.3, 0.4) is 0 Å². The van der Waals surface area contributed by atoms with E-state index in [0.29, 0.717) is 6.04 Å². The SMILES string of the molecule is COc1ccc(C=NNC(=O)CSc2nnc(-c3ccc(C)cc3)n2C2CCCCC2)cc1Br. The first-order valence-corrected chi connectivity index (χ1v) is 13.1. The molecule has 1 aliphatic carbocycles. The maximum Gasteiger partial charge on any atom is 0.250 e. The number of hydrazone groups is 1. The minimum absolute atomic E-state index is 0.191. The van der Waals surface area contributed by atoms with Gasteiger partial charge >= 0.3 is 0 Å². The molecule has 0 saturated heterocycles. The first-order valence-electron chi connectivity index (χ1n) is 11.4. The Hall–Kier alpha value is -2.65. The van der Waals surface area contributed by atoms with Gasteiger partial charge in [-0.25, -0.2) is 5.43 Å². The van der Waals surface area contributed by atoms with Gasteiger partial charge in [0.25, 0.3) is 5.91 Å².